The molecule has 2 aromatic carbocycles. The van der Waals surface area contributed by atoms with E-state index in [0.717, 1.165) is 0 Å². The second-order valence-corrected chi connectivity index (χ2v) is 5.43. The summed E-state index contributed by atoms with van der Waals surface area (Å²) < 4.78 is 10.5. The molecule has 0 amide bonds. The average molecular weight is 366 g/mol. The Labute approximate surface area is 155 Å². The van der Waals surface area contributed by atoms with Crippen LogP contribution in [0.4, 0.5) is 23.1 Å². The predicted molar refractivity (Wildman–Crippen MR) is 102 cm³/mol. The van der Waals surface area contributed by atoms with E-state index in [4.69, 9.17) is 9.47 Å². The molecular formula is C19H18N4O4. The number of aromatic carboxylic acids is 1. The molecule has 0 aliphatic carbocycles. The molecule has 0 saturated heterocycles. The van der Waals surface area contributed by atoms with Gasteiger partial charge in [-0.15, -0.1) is 0 Å². The number of rotatable bonds is 7. The van der Waals surface area contributed by atoms with Crippen molar-refractivity contribution < 1.29 is 19.4 Å². The van der Waals surface area contributed by atoms with Crippen LogP contribution in [0.1, 0.15) is 10.4 Å². The third-order valence-electron chi connectivity index (χ3n) is 3.73. The fraction of sp³-hybridized carbons (Fsp3) is 0.105. The quantitative estimate of drug-likeness (QED) is 0.581. The van der Waals surface area contributed by atoms with E-state index in [-0.39, 0.29) is 5.56 Å². The highest BCUT2D eigenvalue weighted by molar-refractivity contribution is 5.95. The van der Waals surface area contributed by atoms with Gasteiger partial charge < -0.3 is 25.2 Å². The molecule has 0 aliphatic heterocycles. The minimum Gasteiger partial charge on any atom is -0.497 e. The third kappa shape index (κ3) is 4.24. The Kier molecular flexibility index (Phi) is 5.36. The topological polar surface area (TPSA) is 106 Å². The van der Waals surface area contributed by atoms with Gasteiger partial charge in [0, 0.05) is 12.3 Å². The smallest absolute Gasteiger partial charge is 0.337 e. The van der Waals surface area contributed by atoms with E-state index in [1.54, 1.807) is 62.9 Å². The van der Waals surface area contributed by atoms with Crippen molar-refractivity contribution in [1.82, 2.24) is 9.97 Å². The van der Waals surface area contributed by atoms with Crippen molar-refractivity contribution in [2.45, 2.75) is 0 Å². The largest absolute Gasteiger partial charge is 0.497 e. The van der Waals surface area contributed by atoms with Crippen LogP contribution in [0.2, 0.25) is 0 Å². The van der Waals surface area contributed by atoms with Crippen LogP contribution in [-0.4, -0.2) is 35.3 Å². The summed E-state index contributed by atoms with van der Waals surface area (Å²) in [5.41, 5.74) is 1.26. The second-order valence-electron chi connectivity index (χ2n) is 5.43. The molecule has 0 aliphatic rings. The highest BCUT2D eigenvalue weighted by Gasteiger charge is 2.11. The normalized spacial score (nSPS) is 10.1. The van der Waals surface area contributed by atoms with Gasteiger partial charge in [-0.05, 0) is 30.3 Å². The summed E-state index contributed by atoms with van der Waals surface area (Å²) in [5, 5.41) is 15.4. The van der Waals surface area contributed by atoms with Gasteiger partial charge in [-0.1, -0.05) is 12.1 Å². The Morgan fingerprint density at radius 2 is 1.81 bits per heavy atom. The number of aromatic nitrogens is 2. The summed E-state index contributed by atoms with van der Waals surface area (Å²) in [6.07, 6.45) is 1.57. The standard InChI is InChI=1S/C19H18N4O4/c1-26-12-7-8-15(16(11-12)27-2)22-19-20-10-9-17(23-19)21-14-6-4-3-5-13(14)18(24)25/h3-11H,1-2H3,(H,24,25)(H2,20,21,22,23). The Morgan fingerprint density at radius 3 is 2.56 bits per heavy atom. The number of para-hydroxylation sites is 1. The van der Waals surface area contributed by atoms with Crippen LogP contribution in [0.3, 0.4) is 0 Å². The van der Waals surface area contributed by atoms with Crippen LogP contribution in [0.25, 0.3) is 0 Å². The molecule has 8 heteroatoms. The van der Waals surface area contributed by atoms with Gasteiger partial charge in [-0.2, -0.15) is 4.98 Å². The Balaban J connectivity index is 1.84. The zero-order valence-corrected chi connectivity index (χ0v) is 14.8. The molecule has 3 N–H and O–H groups in total. The van der Waals surface area contributed by atoms with Crippen molar-refractivity contribution in [3.05, 3.63) is 60.3 Å². The van der Waals surface area contributed by atoms with Gasteiger partial charge >= 0.3 is 5.97 Å². The van der Waals surface area contributed by atoms with Crippen molar-refractivity contribution in [2.75, 3.05) is 24.9 Å². The molecule has 0 unspecified atom stereocenters. The van der Waals surface area contributed by atoms with Crippen LogP contribution >= 0.6 is 0 Å². The summed E-state index contributed by atoms with van der Waals surface area (Å²) in [7, 11) is 3.14. The third-order valence-corrected chi connectivity index (χ3v) is 3.73. The van der Waals surface area contributed by atoms with E-state index in [1.165, 1.54) is 6.07 Å². The van der Waals surface area contributed by atoms with Crippen LogP contribution in [0, 0.1) is 0 Å². The average Bonchev–Trinajstić information content (AvgIpc) is 2.69. The fourth-order valence-electron chi connectivity index (χ4n) is 2.43. The number of ether oxygens (including phenoxy) is 2. The summed E-state index contributed by atoms with van der Waals surface area (Å²) in [4.78, 5) is 19.9. The minimum absolute atomic E-state index is 0.155. The SMILES string of the molecule is COc1ccc(Nc2nccc(Nc3ccccc3C(=O)O)n2)c(OC)c1. The Morgan fingerprint density at radius 1 is 1.00 bits per heavy atom. The number of carboxylic acid groups (broad SMARTS) is 1. The first-order chi connectivity index (χ1) is 13.1. The van der Waals surface area contributed by atoms with E-state index in [1.807, 2.05) is 0 Å². The molecule has 1 heterocycles. The van der Waals surface area contributed by atoms with Crippen molar-refractivity contribution in [3.63, 3.8) is 0 Å². The molecule has 0 radical (unpaired) electrons. The van der Waals surface area contributed by atoms with Crippen molar-refractivity contribution in [3.8, 4) is 11.5 Å². The van der Waals surface area contributed by atoms with E-state index in [0.29, 0.717) is 34.6 Å². The molecular weight excluding hydrogens is 348 g/mol. The minimum atomic E-state index is -1.02. The highest BCUT2D eigenvalue weighted by atomic mass is 16.5. The van der Waals surface area contributed by atoms with Gasteiger partial charge in [0.15, 0.2) is 0 Å². The van der Waals surface area contributed by atoms with Crippen molar-refractivity contribution in [2.24, 2.45) is 0 Å². The maximum atomic E-state index is 11.3. The lowest BCUT2D eigenvalue weighted by atomic mass is 10.2. The number of methoxy groups -OCH3 is 2. The maximum absolute atomic E-state index is 11.3. The number of nitrogens with one attached hydrogen (secondary N) is 2. The van der Waals surface area contributed by atoms with Gasteiger partial charge in [0.2, 0.25) is 5.95 Å². The number of carbonyl (C=O) groups is 1. The van der Waals surface area contributed by atoms with Gasteiger partial charge in [-0.25, -0.2) is 9.78 Å². The molecule has 1 aromatic heterocycles. The molecule has 27 heavy (non-hydrogen) atoms. The van der Waals surface area contributed by atoms with E-state index in [9.17, 15) is 9.90 Å². The van der Waals surface area contributed by atoms with Crippen molar-refractivity contribution in [1.29, 1.82) is 0 Å². The van der Waals surface area contributed by atoms with Gasteiger partial charge in [-0.3, -0.25) is 0 Å². The lowest BCUT2D eigenvalue weighted by Gasteiger charge is -2.13. The molecule has 8 nitrogen and oxygen atoms in total. The molecule has 0 spiro atoms. The summed E-state index contributed by atoms with van der Waals surface area (Å²) in [5.74, 6) is 1.00. The van der Waals surface area contributed by atoms with Crippen LogP contribution in [0.15, 0.2) is 54.7 Å². The molecule has 0 atom stereocenters. The molecule has 3 aromatic rings. The Bertz CT molecular complexity index is 962. The summed E-state index contributed by atoms with van der Waals surface area (Å²) in [6, 6.07) is 13.6. The lowest BCUT2D eigenvalue weighted by molar-refractivity contribution is 0.0698. The summed E-state index contributed by atoms with van der Waals surface area (Å²) in [6.45, 7) is 0. The lowest BCUT2D eigenvalue weighted by Crippen LogP contribution is -2.05. The van der Waals surface area contributed by atoms with Crippen LogP contribution in [0.5, 0.6) is 11.5 Å². The number of hydrogen-bond acceptors (Lipinski definition) is 7. The number of nitrogens with zero attached hydrogens (tertiary/aromatic N) is 2. The van der Waals surface area contributed by atoms with Crippen LogP contribution < -0.4 is 20.1 Å². The van der Waals surface area contributed by atoms with E-state index < -0.39 is 5.97 Å². The number of hydrogen-bond donors (Lipinski definition) is 3. The molecule has 3 rings (SSSR count). The number of benzene rings is 2. The molecule has 0 bridgehead atoms. The monoisotopic (exact) mass is 366 g/mol. The highest BCUT2D eigenvalue weighted by Crippen LogP contribution is 2.31. The molecule has 0 fully saturated rings. The van der Waals surface area contributed by atoms with E-state index in [2.05, 4.69) is 20.6 Å². The first-order valence-electron chi connectivity index (χ1n) is 8.02. The maximum Gasteiger partial charge on any atom is 0.337 e. The second kappa shape index (κ2) is 8.05. The molecule has 0 saturated carbocycles. The number of carboxylic acids is 1. The van der Waals surface area contributed by atoms with Gasteiger partial charge in [0.1, 0.15) is 17.3 Å². The predicted octanol–water partition coefficient (Wildman–Crippen LogP) is 3.68. The number of anilines is 4. The van der Waals surface area contributed by atoms with E-state index >= 15 is 0 Å². The first-order valence-corrected chi connectivity index (χ1v) is 8.02. The van der Waals surface area contributed by atoms with Gasteiger partial charge in [0.25, 0.3) is 0 Å². The fourth-order valence-corrected chi connectivity index (χ4v) is 2.43. The molecule has 138 valence electrons. The van der Waals surface area contributed by atoms with Crippen LogP contribution in [-0.2, 0) is 0 Å². The Hall–Kier alpha value is -3.81. The van der Waals surface area contributed by atoms with Gasteiger partial charge in [0.05, 0.1) is 31.2 Å². The first kappa shape index (κ1) is 18.0. The zero-order chi connectivity index (χ0) is 19.2. The summed E-state index contributed by atoms with van der Waals surface area (Å²) >= 11 is 0. The van der Waals surface area contributed by atoms with Crippen molar-refractivity contribution >= 4 is 29.1 Å². The zero-order valence-electron chi connectivity index (χ0n) is 14.8.